The second-order valence-corrected chi connectivity index (χ2v) is 6.59. The molecule has 22 heavy (non-hydrogen) atoms. The summed E-state index contributed by atoms with van der Waals surface area (Å²) in [6, 6.07) is 13.3. The third kappa shape index (κ3) is 3.14. The molecular weight excluding hydrogens is 316 g/mol. The molecule has 0 fully saturated rings. The molecule has 3 rings (SSSR count). The number of benzene rings is 1. The molecule has 0 aliphatic carbocycles. The van der Waals surface area contributed by atoms with Crippen molar-refractivity contribution in [2.75, 3.05) is 6.26 Å². The summed E-state index contributed by atoms with van der Waals surface area (Å²) in [7, 11) is 0. The molecule has 0 spiro atoms. The Bertz CT molecular complexity index is 776. The van der Waals surface area contributed by atoms with Crippen LogP contribution in [-0.2, 0) is 11.2 Å². The lowest BCUT2D eigenvalue weighted by atomic mass is 10.0. The highest BCUT2D eigenvalue weighted by Crippen LogP contribution is 2.32. The molecule has 2 aromatic heterocycles. The molecule has 0 aliphatic rings. The molecule has 2 heterocycles. The van der Waals surface area contributed by atoms with Crippen LogP contribution < -0.4 is 0 Å². The minimum absolute atomic E-state index is 0.575. The Hall–Kier alpha value is -1.88. The van der Waals surface area contributed by atoms with Crippen molar-refractivity contribution in [1.82, 2.24) is 9.97 Å². The van der Waals surface area contributed by atoms with Crippen molar-refractivity contribution in [3.05, 3.63) is 66.1 Å². The van der Waals surface area contributed by atoms with Gasteiger partial charge in [-0.2, -0.15) is 0 Å². The average molecular weight is 329 g/mol. The molecule has 3 nitrogen and oxygen atoms in total. The van der Waals surface area contributed by atoms with E-state index in [-0.39, 0.29) is 0 Å². The summed E-state index contributed by atoms with van der Waals surface area (Å²) in [5.41, 5.74) is 3.65. The summed E-state index contributed by atoms with van der Waals surface area (Å²) in [5.74, 6) is 0. The van der Waals surface area contributed by atoms with Crippen LogP contribution >= 0.6 is 11.6 Å². The zero-order valence-electron chi connectivity index (χ0n) is 11.9. The van der Waals surface area contributed by atoms with Gasteiger partial charge < -0.3 is 4.55 Å². The molecule has 0 amide bonds. The Morgan fingerprint density at radius 3 is 2.45 bits per heavy atom. The van der Waals surface area contributed by atoms with Gasteiger partial charge in [0.2, 0.25) is 0 Å². The normalized spacial score (nSPS) is 12.1. The van der Waals surface area contributed by atoms with E-state index in [9.17, 15) is 4.55 Å². The molecular formula is C17H13ClN2OS. The smallest absolute Gasteiger partial charge is 0.152 e. The third-order valence-electron chi connectivity index (χ3n) is 3.29. The molecule has 1 unspecified atom stereocenters. The number of rotatable bonds is 3. The quantitative estimate of drug-likeness (QED) is 0.677. The average Bonchev–Trinajstić information content (AvgIpc) is 2.55. The Morgan fingerprint density at radius 1 is 1.05 bits per heavy atom. The molecule has 0 aliphatic heterocycles. The highest BCUT2D eigenvalue weighted by atomic mass is 35.5. The molecule has 0 saturated carbocycles. The maximum Gasteiger partial charge on any atom is 0.152 e. The van der Waals surface area contributed by atoms with Crippen LogP contribution in [0.15, 0.2) is 66.0 Å². The van der Waals surface area contributed by atoms with Crippen LogP contribution in [0.1, 0.15) is 0 Å². The highest BCUT2D eigenvalue weighted by Gasteiger charge is 2.11. The first-order valence-electron chi connectivity index (χ1n) is 6.65. The van der Waals surface area contributed by atoms with E-state index in [2.05, 4.69) is 9.97 Å². The van der Waals surface area contributed by atoms with Crippen molar-refractivity contribution in [2.45, 2.75) is 4.90 Å². The molecule has 3 aromatic rings. The van der Waals surface area contributed by atoms with Gasteiger partial charge in [0.25, 0.3) is 0 Å². The Labute approximate surface area is 137 Å². The zero-order chi connectivity index (χ0) is 15.5. The standard InChI is InChI=1S/C17H13ClN2OS/c1-22(21)15-6-4-12(5-7-15)16-9-14(18)11-20-17(16)13-3-2-8-19-10-13/h2-11H,1H3. The number of pyridine rings is 2. The summed E-state index contributed by atoms with van der Waals surface area (Å²) >= 11 is 5.12. The molecule has 1 atom stereocenters. The van der Waals surface area contributed by atoms with E-state index in [1.165, 1.54) is 0 Å². The van der Waals surface area contributed by atoms with E-state index in [0.717, 1.165) is 27.3 Å². The van der Waals surface area contributed by atoms with Crippen LogP contribution in [0.2, 0.25) is 5.02 Å². The van der Waals surface area contributed by atoms with E-state index in [4.69, 9.17) is 11.6 Å². The topological polar surface area (TPSA) is 48.8 Å². The first-order chi connectivity index (χ1) is 10.6. The minimum Gasteiger partial charge on any atom is -0.612 e. The van der Waals surface area contributed by atoms with Crippen LogP contribution in [0.4, 0.5) is 0 Å². The van der Waals surface area contributed by atoms with Gasteiger partial charge in [-0.25, -0.2) is 0 Å². The fourth-order valence-electron chi connectivity index (χ4n) is 2.22. The lowest BCUT2D eigenvalue weighted by Crippen LogP contribution is -1.96. The fourth-order valence-corrected chi connectivity index (χ4v) is 2.90. The van der Waals surface area contributed by atoms with Gasteiger partial charge in [-0.05, 0) is 59.2 Å². The Morgan fingerprint density at radius 2 is 1.82 bits per heavy atom. The predicted molar refractivity (Wildman–Crippen MR) is 90.2 cm³/mol. The SMILES string of the molecule is C[S+]([O-])c1ccc(-c2cc(Cl)cnc2-c2cccnc2)cc1. The maximum absolute atomic E-state index is 11.5. The fraction of sp³-hybridized carbons (Fsp3) is 0.0588. The number of hydrogen-bond acceptors (Lipinski definition) is 3. The van der Waals surface area contributed by atoms with Gasteiger partial charge in [-0.1, -0.05) is 11.6 Å². The summed E-state index contributed by atoms with van der Waals surface area (Å²) in [5, 5.41) is 0.575. The predicted octanol–water partition coefficient (Wildman–Crippen LogP) is 4.20. The van der Waals surface area contributed by atoms with E-state index >= 15 is 0 Å². The largest absolute Gasteiger partial charge is 0.612 e. The Kier molecular flexibility index (Phi) is 4.43. The van der Waals surface area contributed by atoms with E-state index < -0.39 is 11.2 Å². The highest BCUT2D eigenvalue weighted by molar-refractivity contribution is 7.90. The van der Waals surface area contributed by atoms with Gasteiger partial charge in [0.1, 0.15) is 6.26 Å². The Balaban J connectivity index is 2.11. The van der Waals surface area contributed by atoms with Crippen LogP contribution in [-0.4, -0.2) is 20.8 Å². The molecule has 5 heteroatoms. The lowest BCUT2D eigenvalue weighted by molar-refractivity contribution is 0.601. The van der Waals surface area contributed by atoms with Gasteiger partial charge in [0.05, 0.1) is 10.7 Å². The van der Waals surface area contributed by atoms with Gasteiger partial charge in [-0.3, -0.25) is 9.97 Å². The van der Waals surface area contributed by atoms with E-state index in [1.54, 1.807) is 24.8 Å². The zero-order valence-corrected chi connectivity index (χ0v) is 13.4. The van der Waals surface area contributed by atoms with Gasteiger partial charge >= 0.3 is 0 Å². The van der Waals surface area contributed by atoms with Crippen molar-refractivity contribution in [1.29, 1.82) is 0 Å². The van der Waals surface area contributed by atoms with Crippen LogP contribution in [0, 0.1) is 0 Å². The van der Waals surface area contributed by atoms with Crippen molar-refractivity contribution in [3.8, 4) is 22.4 Å². The first-order valence-corrected chi connectivity index (χ1v) is 8.58. The molecule has 0 saturated heterocycles. The van der Waals surface area contributed by atoms with Gasteiger partial charge in [0.15, 0.2) is 4.90 Å². The third-order valence-corrected chi connectivity index (χ3v) is 4.43. The van der Waals surface area contributed by atoms with Crippen molar-refractivity contribution >= 4 is 22.8 Å². The van der Waals surface area contributed by atoms with Crippen LogP contribution in [0.3, 0.4) is 0 Å². The van der Waals surface area contributed by atoms with Gasteiger partial charge in [0, 0.05) is 29.7 Å². The molecule has 0 bridgehead atoms. The lowest BCUT2D eigenvalue weighted by Gasteiger charge is -2.10. The summed E-state index contributed by atoms with van der Waals surface area (Å²) < 4.78 is 11.5. The van der Waals surface area contributed by atoms with Crippen molar-refractivity contribution in [2.24, 2.45) is 0 Å². The number of aromatic nitrogens is 2. The molecule has 0 N–H and O–H groups in total. The summed E-state index contributed by atoms with van der Waals surface area (Å²) in [4.78, 5) is 9.39. The van der Waals surface area contributed by atoms with Crippen molar-refractivity contribution < 1.29 is 4.55 Å². The monoisotopic (exact) mass is 328 g/mol. The first kappa shape index (κ1) is 15.0. The second-order valence-electron chi connectivity index (χ2n) is 4.77. The minimum atomic E-state index is -0.991. The number of hydrogen-bond donors (Lipinski definition) is 0. The van der Waals surface area contributed by atoms with E-state index in [1.807, 2.05) is 42.5 Å². The maximum atomic E-state index is 11.5. The van der Waals surface area contributed by atoms with Crippen LogP contribution in [0.25, 0.3) is 22.4 Å². The van der Waals surface area contributed by atoms with Crippen LogP contribution in [0.5, 0.6) is 0 Å². The number of halogens is 1. The molecule has 110 valence electrons. The summed E-state index contributed by atoms with van der Waals surface area (Å²) in [6.07, 6.45) is 6.79. The molecule has 0 radical (unpaired) electrons. The van der Waals surface area contributed by atoms with Gasteiger partial charge in [-0.15, -0.1) is 0 Å². The number of nitrogens with zero attached hydrogens (tertiary/aromatic N) is 2. The second kappa shape index (κ2) is 6.48. The summed E-state index contributed by atoms with van der Waals surface area (Å²) in [6.45, 7) is 0. The van der Waals surface area contributed by atoms with Crippen molar-refractivity contribution in [3.63, 3.8) is 0 Å². The van der Waals surface area contributed by atoms with E-state index in [0.29, 0.717) is 5.02 Å². The molecule has 1 aromatic carbocycles.